The minimum atomic E-state index is -1.39. The van der Waals surface area contributed by atoms with Crippen molar-refractivity contribution in [3.63, 3.8) is 0 Å². The van der Waals surface area contributed by atoms with E-state index in [0.29, 0.717) is 11.6 Å². The molecule has 0 spiro atoms. The van der Waals surface area contributed by atoms with Crippen LogP contribution in [0.2, 0.25) is 0 Å². The zero-order valence-corrected chi connectivity index (χ0v) is 10.0. The molecule has 0 aliphatic rings. The molecule has 100 valence electrons. The molecule has 0 atom stereocenters. The number of pyridine rings is 1. The highest BCUT2D eigenvalue weighted by atomic mass is 19.2. The van der Waals surface area contributed by atoms with Gasteiger partial charge in [0.2, 0.25) is 0 Å². The quantitative estimate of drug-likeness (QED) is 0.628. The number of aromatic nitrogens is 1. The normalized spacial score (nSPS) is 10.6. The number of hydrogen-bond donors (Lipinski definition) is 0. The van der Waals surface area contributed by atoms with Crippen LogP contribution in [0.15, 0.2) is 30.3 Å². The Labute approximate surface area is 107 Å². The fourth-order valence-corrected chi connectivity index (χ4v) is 1.66. The van der Waals surface area contributed by atoms with E-state index in [4.69, 9.17) is 0 Å². The molecule has 0 fully saturated rings. The second-order valence-electron chi connectivity index (χ2n) is 4.01. The molecule has 0 aliphatic carbocycles. The number of rotatable bonds is 3. The summed E-state index contributed by atoms with van der Waals surface area (Å²) in [6.45, 7) is -0.0122. The lowest BCUT2D eigenvalue weighted by Gasteiger charge is -2.19. The number of benzene rings is 1. The molecule has 1 aromatic heterocycles. The molecular formula is C13H10F4N2. The lowest BCUT2D eigenvalue weighted by Crippen LogP contribution is -2.20. The van der Waals surface area contributed by atoms with Crippen LogP contribution in [-0.2, 0) is 6.54 Å². The molecule has 0 N–H and O–H groups in total. The SMILES string of the molecule is CN(Cc1ccccc1F)c1nc(F)c(F)cc1F. The van der Waals surface area contributed by atoms with Gasteiger partial charge in [0.05, 0.1) is 0 Å². The highest BCUT2D eigenvalue weighted by Crippen LogP contribution is 2.20. The standard InChI is InChI=1S/C13H10F4N2/c1-19(7-8-4-2-3-5-9(8)14)13-11(16)6-10(15)12(17)18-13/h2-6H,7H2,1H3. The van der Waals surface area contributed by atoms with Gasteiger partial charge in [-0.3, -0.25) is 0 Å². The lowest BCUT2D eigenvalue weighted by molar-refractivity contribution is 0.463. The Morgan fingerprint density at radius 1 is 1.00 bits per heavy atom. The smallest absolute Gasteiger partial charge is 0.251 e. The van der Waals surface area contributed by atoms with Gasteiger partial charge in [-0.15, -0.1) is 0 Å². The zero-order valence-electron chi connectivity index (χ0n) is 10.0. The van der Waals surface area contributed by atoms with Gasteiger partial charge in [-0.05, 0) is 6.07 Å². The van der Waals surface area contributed by atoms with Crippen molar-refractivity contribution < 1.29 is 17.6 Å². The molecule has 1 heterocycles. The Morgan fingerprint density at radius 2 is 1.68 bits per heavy atom. The average molecular weight is 270 g/mol. The van der Waals surface area contributed by atoms with E-state index < -0.39 is 23.4 Å². The molecule has 0 saturated carbocycles. The van der Waals surface area contributed by atoms with Crippen molar-refractivity contribution in [2.45, 2.75) is 6.54 Å². The highest BCUT2D eigenvalue weighted by Gasteiger charge is 2.16. The van der Waals surface area contributed by atoms with Crippen LogP contribution in [0.1, 0.15) is 5.56 Å². The number of halogens is 4. The van der Waals surface area contributed by atoms with E-state index in [-0.39, 0.29) is 12.4 Å². The van der Waals surface area contributed by atoms with Crippen molar-refractivity contribution in [3.05, 3.63) is 59.3 Å². The van der Waals surface area contributed by atoms with E-state index in [9.17, 15) is 17.6 Å². The Hall–Kier alpha value is -2.11. The Bertz CT molecular complexity index is 601. The summed E-state index contributed by atoms with van der Waals surface area (Å²) in [4.78, 5) is 4.39. The molecule has 0 bridgehead atoms. The maximum Gasteiger partial charge on any atom is 0.251 e. The maximum atomic E-state index is 13.5. The summed E-state index contributed by atoms with van der Waals surface area (Å²) in [6.07, 6.45) is 0. The molecule has 0 radical (unpaired) electrons. The van der Waals surface area contributed by atoms with Crippen molar-refractivity contribution in [1.82, 2.24) is 4.98 Å². The van der Waals surface area contributed by atoms with Crippen LogP contribution in [0.25, 0.3) is 0 Å². The van der Waals surface area contributed by atoms with Gasteiger partial charge in [0.25, 0.3) is 5.95 Å². The van der Waals surface area contributed by atoms with Crippen LogP contribution < -0.4 is 4.90 Å². The fourth-order valence-electron chi connectivity index (χ4n) is 1.66. The molecule has 0 unspecified atom stereocenters. The predicted octanol–water partition coefficient (Wildman–Crippen LogP) is 3.27. The van der Waals surface area contributed by atoms with Crippen LogP contribution in [0.4, 0.5) is 23.4 Å². The van der Waals surface area contributed by atoms with Crippen molar-refractivity contribution in [2.24, 2.45) is 0 Å². The minimum Gasteiger partial charge on any atom is -0.353 e. The largest absolute Gasteiger partial charge is 0.353 e. The molecule has 0 saturated heterocycles. The van der Waals surface area contributed by atoms with E-state index in [0.717, 1.165) is 0 Å². The lowest BCUT2D eigenvalue weighted by atomic mass is 10.2. The topological polar surface area (TPSA) is 16.1 Å². The number of anilines is 1. The summed E-state index contributed by atoms with van der Waals surface area (Å²) in [7, 11) is 1.41. The van der Waals surface area contributed by atoms with Gasteiger partial charge >= 0.3 is 0 Å². The summed E-state index contributed by atoms with van der Waals surface area (Å²) in [6, 6.07) is 6.34. The summed E-state index contributed by atoms with van der Waals surface area (Å²) in [5.74, 6) is -4.59. The first kappa shape index (κ1) is 13.3. The van der Waals surface area contributed by atoms with Crippen molar-refractivity contribution in [3.8, 4) is 0 Å². The molecular weight excluding hydrogens is 260 g/mol. The number of hydrogen-bond acceptors (Lipinski definition) is 2. The molecule has 2 nitrogen and oxygen atoms in total. The molecule has 0 aliphatic heterocycles. The highest BCUT2D eigenvalue weighted by molar-refractivity contribution is 5.40. The average Bonchev–Trinajstić information content (AvgIpc) is 2.36. The number of nitrogens with zero attached hydrogens (tertiary/aromatic N) is 2. The van der Waals surface area contributed by atoms with Crippen LogP contribution in [-0.4, -0.2) is 12.0 Å². The van der Waals surface area contributed by atoms with Crippen molar-refractivity contribution in [1.29, 1.82) is 0 Å². The Morgan fingerprint density at radius 3 is 2.37 bits per heavy atom. The summed E-state index contributed by atoms with van der Waals surface area (Å²) in [5, 5.41) is 0. The van der Waals surface area contributed by atoms with Gasteiger partial charge < -0.3 is 4.90 Å². The van der Waals surface area contributed by atoms with Gasteiger partial charge in [0, 0.05) is 25.2 Å². The zero-order chi connectivity index (χ0) is 14.0. The first-order valence-electron chi connectivity index (χ1n) is 5.45. The molecule has 2 aromatic rings. The molecule has 2 rings (SSSR count). The first-order chi connectivity index (χ1) is 8.99. The fraction of sp³-hybridized carbons (Fsp3) is 0.154. The minimum absolute atomic E-state index is 0.0122. The van der Waals surface area contributed by atoms with Gasteiger partial charge in [0.15, 0.2) is 17.5 Å². The van der Waals surface area contributed by atoms with E-state index >= 15 is 0 Å². The molecule has 19 heavy (non-hydrogen) atoms. The van der Waals surface area contributed by atoms with E-state index in [1.165, 1.54) is 30.1 Å². The third-order valence-electron chi connectivity index (χ3n) is 2.60. The first-order valence-corrected chi connectivity index (χ1v) is 5.45. The monoisotopic (exact) mass is 270 g/mol. The second-order valence-corrected chi connectivity index (χ2v) is 4.01. The molecule has 1 aromatic carbocycles. The van der Waals surface area contributed by atoms with Gasteiger partial charge in [-0.2, -0.15) is 9.37 Å². The van der Waals surface area contributed by atoms with Crippen LogP contribution in [0, 0.1) is 23.4 Å². The third-order valence-corrected chi connectivity index (χ3v) is 2.60. The third kappa shape index (κ3) is 2.83. The summed E-state index contributed by atoms with van der Waals surface area (Å²) >= 11 is 0. The predicted molar refractivity (Wildman–Crippen MR) is 62.6 cm³/mol. The van der Waals surface area contributed by atoms with Gasteiger partial charge in [-0.1, -0.05) is 18.2 Å². The van der Waals surface area contributed by atoms with E-state index in [2.05, 4.69) is 4.98 Å². The van der Waals surface area contributed by atoms with E-state index in [1.54, 1.807) is 6.07 Å². The Balaban J connectivity index is 2.28. The maximum absolute atomic E-state index is 13.5. The summed E-state index contributed by atoms with van der Waals surface area (Å²) in [5.41, 5.74) is 0.302. The molecule has 0 amide bonds. The van der Waals surface area contributed by atoms with Crippen molar-refractivity contribution >= 4 is 5.82 Å². The summed E-state index contributed by atoms with van der Waals surface area (Å²) < 4.78 is 52.7. The van der Waals surface area contributed by atoms with Crippen LogP contribution in [0.5, 0.6) is 0 Å². The van der Waals surface area contributed by atoms with Crippen molar-refractivity contribution in [2.75, 3.05) is 11.9 Å². The Kier molecular flexibility index (Phi) is 3.69. The van der Waals surface area contributed by atoms with Gasteiger partial charge in [-0.25, -0.2) is 13.2 Å². The second kappa shape index (κ2) is 5.26. The van der Waals surface area contributed by atoms with Crippen LogP contribution >= 0.6 is 0 Å². The van der Waals surface area contributed by atoms with Crippen LogP contribution in [0.3, 0.4) is 0 Å². The molecule has 6 heteroatoms. The van der Waals surface area contributed by atoms with E-state index in [1.807, 2.05) is 0 Å². The van der Waals surface area contributed by atoms with Gasteiger partial charge in [0.1, 0.15) is 5.82 Å².